The van der Waals surface area contributed by atoms with Crippen LogP contribution in [0.5, 0.6) is 0 Å². The molecule has 0 bridgehead atoms. The average Bonchev–Trinajstić information content (AvgIpc) is 2.43. The van der Waals surface area contributed by atoms with Crippen LogP contribution in [0.4, 0.5) is 0 Å². The van der Waals surface area contributed by atoms with Crippen molar-refractivity contribution < 1.29 is 14.4 Å². The average molecular weight is 318 g/mol. The van der Waals surface area contributed by atoms with Crippen LogP contribution in [-0.2, 0) is 9.59 Å². The lowest BCUT2D eigenvalue weighted by atomic mass is 9.71. The highest BCUT2D eigenvalue weighted by atomic mass is 32.1. The molecule has 1 saturated carbocycles. The summed E-state index contributed by atoms with van der Waals surface area (Å²) in [5, 5.41) is 0. The topological polar surface area (TPSA) is 75.3 Å². The zero-order valence-electron chi connectivity index (χ0n) is 12.5. The quantitative estimate of drug-likeness (QED) is 0.494. The third-order valence-corrected chi connectivity index (χ3v) is 3.88. The van der Waals surface area contributed by atoms with E-state index < -0.39 is 5.92 Å². The molecule has 1 aromatic carbocycles. The lowest BCUT2D eigenvalue weighted by Gasteiger charge is -2.32. The largest absolute Gasteiger partial charge is 0.298 e. The van der Waals surface area contributed by atoms with Crippen molar-refractivity contribution in [3.05, 3.63) is 35.9 Å². The molecule has 1 aliphatic rings. The Hall–Kier alpha value is -2.08. The summed E-state index contributed by atoms with van der Waals surface area (Å²) in [5.41, 5.74) is 5.09. The van der Waals surface area contributed by atoms with Gasteiger partial charge in [-0.05, 0) is 17.5 Å². The van der Waals surface area contributed by atoms with Crippen LogP contribution in [0.15, 0.2) is 30.3 Å². The Balaban J connectivity index is 1.97. The SMILES string of the molecule is CC1(C)CC(=O)C(C(=S)NNC(=O)c2ccccc2)C(=O)C1. The number of carbonyl (C=O) groups is 3. The highest BCUT2D eigenvalue weighted by Crippen LogP contribution is 2.34. The van der Waals surface area contributed by atoms with Crippen molar-refractivity contribution >= 4 is 34.7 Å². The number of thiocarbonyl (C=S) groups is 1. The first-order valence-corrected chi connectivity index (χ1v) is 7.42. The molecular weight excluding hydrogens is 300 g/mol. The number of nitrogens with one attached hydrogen (secondary N) is 2. The smallest absolute Gasteiger partial charge is 0.269 e. The Kier molecular flexibility index (Phi) is 4.71. The molecule has 1 aromatic rings. The fraction of sp³-hybridized carbons (Fsp3) is 0.375. The first-order chi connectivity index (χ1) is 10.3. The normalized spacial score (nSPS) is 17.9. The number of carbonyl (C=O) groups excluding carboxylic acids is 3. The Morgan fingerprint density at radius 3 is 2.18 bits per heavy atom. The van der Waals surface area contributed by atoms with E-state index in [1.165, 1.54) is 0 Å². The maximum absolute atomic E-state index is 12.1. The van der Waals surface area contributed by atoms with Crippen LogP contribution in [0.3, 0.4) is 0 Å². The summed E-state index contributed by atoms with van der Waals surface area (Å²) >= 11 is 5.10. The minimum absolute atomic E-state index is 0.0507. The van der Waals surface area contributed by atoms with Gasteiger partial charge in [0, 0.05) is 18.4 Å². The molecule has 0 heterocycles. The van der Waals surface area contributed by atoms with Gasteiger partial charge in [0.05, 0.1) is 0 Å². The molecule has 1 amide bonds. The van der Waals surface area contributed by atoms with Crippen molar-refractivity contribution in [3.63, 3.8) is 0 Å². The standard InChI is InChI=1S/C16H18N2O3S/c1-16(2)8-11(19)13(12(20)9-16)15(22)18-17-14(21)10-6-4-3-5-7-10/h3-7,13H,8-9H2,1-2H3,(H,17,21)(H,18,22). The fourth-order valence-electron chi connectivity index (χ4n) is 2.53. The highest BCUT2D eigenvalue weighted by molar-refractivity contribution is 7.80. The zero-order chi connectivity index (χ0) is 16.3. The molecule has 0 unspecified atom stereocenters. The summed E-state index contributed by atoms with van der Waals surface area (Å²) in [7, 11) is 0. The summed E-state index contributed by atoms with van der Waals surface area (Å²) in [6.45, 7) is 3.76. The Labute approximate surface area is 134 Å². The molecule has 0 spiro atoms. The van der Waals surface area contributed by atoms with Crippen molar-refractivity contribution in [1.82, 2.24) is 10.9 Å². The van der Waals surface area contributed by atoms with Gasteiger partial charge in [-0.25, -0.2) is 0 Å². The monoisotopic (exact) mass is 318 g/mol. The number of amides is 1. The van der Waals surface area contributed by atoms with E-state index in [1.807, 2.05) is 13.8 Å². The molecule has 116 valence electrons. The van der Waals surface area contributed by atoms with Gasteiger partial charge in [-0.3, -0.25) is 25.2 Å². The second-order valence-electron chi connectivity index (χ2n) is 6.19. The maximum atomic E-state index is 12.1. The Bertz CT molecular complexity index is 606. The zero-order valence-corrected chi connectivity index (χ0v) is 13.3. The van der Waals surface area contributed by atoms with Crippen molar-refractivity contribution in [2.45, 2.75) is 26.7 Å². The molecule has 2 rings (SSSR count). The van der Waals surface area contributed by atoms with Gasteiger partial charge in [-0.1, -0.05) is 44.3 Å². The summed E-state index contributed by atoms with van der Waals surface area (Å²) < 4.78 is 0. The van der Waals surface area contributed by atoms with E-state index >= 15 is 0 Å². The van der Waals surface area contributed by atoms with Crippen LogP contribution >= 0.6 is 12.2 Å². The maximum Gasteiger partial charge on any atom is 0.269 e. The lowest BCUT2D eigenvalue weighted by molar-refractivity contribution is -0.136. The Morgan fingerprint density at radius 2 is 1.64 bits per heavy atom. The molecular formula is C16H18N2O3S. The van der Waals surface area contributed by atoms with Crippen molar-refractivity contribution in [2.75, 3.05) is 0 Å². The lowest BCUT2D eigenvalue weighted by Crippen LogP contribution is -2.50. The molecule has 0 aliphatic heterocycles. The van der Waals surface area contributed by atoms with Crippen LogP contribution in [0.25, 0.3) is 0 Å². The molecule has 0 atom stereocenters. The minimum Gasteiger partial charge on any atom is -0.298 e. The molecule has 1 fully saturated rings. The number of ketones is 2. The van der Waals surface area contributed by atoms with Crippen molar-refractivity contribution in [3.8, 4) is 0 Å². The number of benzene rings is 1. The van der Waals surface area contributed by atoms with Crippen molar-refractivity contribution in [2.24, 2.45) is 11.3 Å². The fourth-order valence-corrected chi connectivity index (χ4v) is 2.85. The minimum atomic E-state index is -0.959. The van der Waals surface area contributed by atoms with Gasteiger partial charge in [0.25, 0.3) is 5.91 Å². The second kappa shape index (κ2) is 6.36. The number of Topliss-reactive ketones (excluding diaryl/α,β-unsaturated/α-hetero) is 2. The second-order valence-corrected chi connectivity index (χ2v) is 6.63. The number of hydrogen-bond donors (Lipinski definition) is 2. The molecule has 0 saturated heterocycles. The van der Waals surface area contributed by atoms with Crippen LogP contribution in [0.2, 0.25) is 0 Å². The predicted molar refractivity (Wildman–Crippen MR) is 86.2 cm³/mol. The van der Waals surface area contributed by atoms with Gasteiger partial charge >= 0.3 is 0 Å². The summed E-state index contributed by atoms with van der Waals surface area (Å²) in [4.78, 5) is 36.2. The van der Waals surface area contributed by atoms with Gasteiger partial charge in [-0.15, -0.1) is 0 Å². The molecule has 22 heavy (non-hydrogen) atoms. The van der Waals surface area contributed by atoms with Crippen LogP contribution in [-0.4, -0.2) is 22.5 Å². The number of hydrogen-bond acceptors (Lipinski definition) is 4. The van der Waals surface area contributed by atoms with Gasteiger partial charge < -0.3 is 0 Å². The predicted octanol–water partition coefficient (Wildman–Crippen LogP) is 1.82. The third-order valence-electron chi connectivity index (χ3n) is 3.55. The number of rotatable bonds is 2. The van der Waals surface area contributed by atoms with E-state index in [0.717, 1.165) is 0 Å². The van der Waals surface area contributed by atoms with Crippen molar-refractivity contribution in [1.29, 1.82) is 0 Å². The summed E-state index contributed by atoms with van der Waals surface area (Å²) in [5.74, 6) is -1.74. The van der Waals surface area contributed by atoms with E-state index in [9.17, 15) is 14.4 Å². The third kappa shape index (κ3) is 3.76. The van der Waals surface area contributed by atoms with E-state index in [0.29, 0.717) is 18.4 Å². The summed E-state index contributed by atoms with van der Waals surface area (Å²) in [6.07, 6.45) is 0.607. The van der Waals surface area contributed by atoms with E-state index in [-0.39, 0.29) is 27.9 Å². The van der Waals surface area contributed by atoms with E-state index in [2.05, 4.69) is 10.9 Å². The number of hydrazine groups is 1. The van der Waals surface area contributed by atoms with Crippen LogP contribution < -0.4 is 10.9 Å². The van der Waals surface area contributed by atoms with Gasteiger partial charge in [0.15, 0.2) is 11.6 Å². The van der Waals surface area contributed by atoms with E-state index in [1.54, 1.807) is 30.3 Å². The molecule has 6 heteroatoms. The molecule has 0 aromatic heterocycles. The van der Waals surface area contributed by atoms with Crippen LogP contribution in [0.1, 0.15) is 37.0 Å². The molecule has 2 N–H and O–H groups in total. The highest BCUT2D eigenvalue weighted by Gasteiger charge is 2.41. The summed E-state index contributed by atoms with van der Waals surface area (Å²) in [6, 6.07) is 8.59. The molecule has 5 nitrogen and oxygen atoms in total. The van der Waals surface area contributed by atoms with Gasteiger partial charge in [0.2, 0.25) is 0 Å². The molecule has 0 radical (unpaired) electrons. The first-order valence-electron chi connectivity index (χ1n) is 7.01. The Morgan fingerprint density at radius 1 is 1.09 bits per heavy atom. The first kappa shape index (κ1) is 16.3. The van der Waals surface area contributed by atoms with Gasteiger partial charge in [-0.2, -0.15) is 0 Å². The van der Waals surface area contributed by atoms with Crippen LogP contribution in [0, 0.1) is 11.3 Å². The van der Waals surface area contributed by atoms with E-state index in [4.69, 9.17) is 12.2 Å². The van der Waals surface area contributed by atoms with Gasteiger partial charge in [0.1, 0.15) is 10.9 Å². The molecule has 1 aliphatic carbocycles.